The summed E-state index contributed by atoms with van der Waals surface area (Å²) >= 11 is 6.03. The second kappa shape index (κ2) is 8.85. The third-order valence-electron chi connectivity index (χ3n) is 5.53. The zero-order valence-corrected chi connectivity index (χ0v) is 18.0. The minimum absolute atomic E-state index is 0.142. The molecule has 1 N–H and O–H groups in total. The molecule has 0 radical (unpaired) electrons. The number of fused-ring (bicyclic) bond motifs is 1. The number of nitrogens with zero attached hydrogens (tertiary/aromatic N) is 3. The van der Waals surface area contributed by atoms with Crippen LogP contribution in [-0.2, 0) is 11.4 Å². The molecule has 2 aromatic heterocycles. The molecule has 160 valence electrons. The largest absolute Gasteiger partial charge is 0.390 e. The molecule has 32 heavy (non-hydrogen) atoms. The molecular weight excluding hydrogens is 424 g/mol. The van der Waals surface area contributed by atoms with Crippen molar-refractivity contribution in [2.45, 2.75) is 19.1 Å². The SMILES string of the molecule is O=C(NCC1CC(c2ccncc2)=NO1)c1cc2ccccc2n1Cc1ccc(Cl)cc1. The van der Waals surface area contributed by atoms with E-state index in [4.69, 9.17) is 16.4 Å². The molecule has 0 saturated carbocycles. The Bertz CT molecular complexity index is 1280. The van der Waals surface area contributed by atoms with E-state index in [1.165, 1.54) is 0 Å². The lowest BCUT2D eigenvalue weighted by molar-refractivity contribution is 0.0749. The number of pyridine rings is 1. The van der Waals surface area contributed by atoms with Crippen LogP contribution in [0.2, 0.25) is 5.02 Å². The second-order valence-electron chi connectivity index (χ2n) is 7.72. The average Bonchev–Trinajstić information content (AvgIpc) is 3.45. The number of hydrogen-bond donors (Lipinski definition) is 1. The maximum absolute atomic E-state index is 13.1. The summed E-state index contributed by atoms with van der Waals surface area (Å²) in [4.78, 5) is 22.7. The number of rotatable bonds is 6. The van der Waals surface area contributed by atoms with Gasteiger partial charge in [-0.05, 0) is 42.0 Å². The van der Waals surface area contributed by atoms with Crippen molar-refractivity contribution in [3.8, 4) is 0 Å². The third-order valence-corrected chi connectivity index (χ3v) is 5.79. The number of para-hydroxylation sites is 1. The molecular formula is C25H21ClN4O2. The molecule has 5 rings (SSSR count). The molecule has 1 atom stereocenters. The van der Waals surface area contributed by atoms with E-state index in [-0.39, 0.29) is 12.0 Å². The van der Waals surface area contributed by atoms with Crippen LogP contribution < -0.4 is 5.32 Å². The number of halogens is 1. The van der Waals surface area contributed by atoms with Crippen molar-refractivity contribution in [1.29, 1.82) is 0 Å². The van der Waals surface area contributed by atoms with Crippen LogP contribution in [0.4, 0.5) is 0 Å². The Kier molecular flexibility index (Phi) is 5.60. The Labute approximate surface area is 190 Å². The molecule has 0 saturated heterocycles. The highest BCUT2D eigenvalue weighted by molar-refractivity contribution is 6.30. The van der Waals surface area contributed by atoms with Gasteiger partial charge in [-0.2, -0.15) is 0 Å². The van der Waals surface area contributed by atoms with Gasteiger partial charge in [0, 0.05) is 46.8 Å². The Hall–Kier alpha value is -3.64. The van der Waals surface area contributed by atoms with E-state index in [0.717, 1.165) is 27.7 Å². The van der Waals surface area contributed by atoms with Crippen LogP contribution >= 0.6 is 11.6 Å². The molecule has 0 aliphatic carbocycles. The van der Waals surface area contributed by atoms with Gasteiger partial charge >= 0.3 is 0 Å². The van der Waals surface area contributed by atoms with Gasteiger partial charge in [-0.3, -0.25) is 9.78 Å². The van der Waals surface area contributed by atoms with Gasteiger partial charge in [0.05, 0.1) is 12.3 Å². The van der Waals surface area contributed by atoms with Gasteiger partial charge in [0.2, 0.25) is 0 Å². The molecule has 2 aromatic carbocycles. The van der Waals surface area contributed by atoms with Crippen LogP contribution in [-0.4, -0.2) is 33.8 Å². The Morgan fingerprint density at radius 2 is 1.88 bits per heavy atom. The van der Waals surface area contributed by atoms with Gasteiger partial charge in [-0.1, -0.05) is 47.1 Å². The van der Waals surface area contributed by atoms with Gasteiger partial charge in [0.1, 0.15) is 11.8 Å². The van der Waals surface area contributed by atoms with Crippen LogP contribution in [0, 0.1) is 0 Å². The van der Waals surface area contributed by atoms with Crippen LogP contribution in [0.15, 0.2) is 84.3 Å². The van der Waals surface area contributed by atoms with Crippen LogP contribution in [0.25, 0.3) is 10.9 Å². The first-order valence-corrected chi connectivity index (χ1v) is 10.8. The summed E-state index contributed by atoms with van der Waals surface area (Å²) < 4.78 is 2.03. The molecule has 1 amide bonds. The van der Waals surface area contributed by atoms with Crippen molar-refractivity contribution in [3.05, 3.63) is 101 Å². The Morgan fingerprint density at radius 3 is 2.69 bits per heavy atom. The lowest BCUT2D eigenvalue weighted by Crippen LogP contribution is -2.33. The summed E-state index contributed by atoms with van der Waals surface area (Å²) in [5.41, 5.74) is 4.53. The van der Waals surface area contributed by atoms with Crippen LogP contribution in [0.5, 0.6) is 0 Å². The van der Waals surface area contributed by atoms with Gasteiger partial charge in [0.15, 0.2) is 0 Å². The van der Waals surface area contributed by atoms with Gasteiger partial charge in [-0.15, -0.1) is 0 Å². The predicted octanol–water partition coefficient (Wildman–Crippen LogP) is 4.66. The van der Waals surface area contributed by atoms with E-state index in [9.17, 15) is 4.79 Å². The Balaban J connectivity index is 1.31. The number of carbonyl (C=O) groups excluding carboxylic acids is 1. The van der Waals surface area contributed by atoms with Crippen molar-refractivity contribution in [1.82, 2.24) is 14.9 Å². The monoisotopic (exact) mass is 444 g/mol. The normalized spacial score (nSPS) is 15.4. The molecule has 4 aromatic rings. The molecule has 7 heteroatoms. The molecule has 6 nitrogen and oxygen atoms in total. The van der Waals surface area contributed by atoms with Crippen molar-refractivity contribution < 1.29 is 9.63 Å². The summed E-state index contributed by atoms with van der Waals surface area (Å²) in [6.07, 6.45) is 3.90. The first kappa shape index (κ1) is 20.3. The van der Waals surface area contributed by atoms with Crippen LogP contribution in [0.1, 0.15) is 28.0 Å². The number of nitrogens with one attached hydrogen (secondary N) is 1. The van der Waals surface area contributed by atoms with Crippen LogP contribution in [0.3, 0.4) is 0 Å². The number of amides is 1. The number of benzene rings is 2. The first-order valence-electron chi connectivity index (χ1n) is 10.4. The standard InChI is InChI=1S/C25H21ClN4O2/c26-20-7-5-17(6-8-20)16-30-23-4-2-1-3-19(23)13-24(30)25(31)28-15-21-14-22(29-32-21)18-9-11-27-12-10-18/h1-13,21H,14-16H2,(H,28,31). The van der Waals surface area contributed by atoms with E-state index in [1.807, 2.05) is 71.3 Å². The zero-order chi connectivity index (χ0) is 21.9. The first-order chi connectivity index (χ1) is 15.7. The summed E-state index contributed by atoms with van der Waals surface area (Å²) in [6, 6.07) is 21.4. The van der Waals surface area contributed by atoms with Crippen molar-refractivity contribution in [2.24, 2.45) is 5.16 Å². The maximum Gasteiger partial charge on any atom is 0.268 e. The van der Waals surface area contributed by atoms with E-state index >= 15 is 0 Å². The maximum atomic E-state index is 13.1. The predicted molar refractivity (Wildman–Crippen MR) is 125 cm³/mol. The lowest BCUT2D eigenvalue weighted by atomic mass is 10.1. The average molecular weight is 445 g/mol. The fourth-order valence-corrected chi connectivity index (χ4v) is 4.02. The van der Waals surface area contributed by atoms with E-state index < -0.39 is 0 Å². The molecule has 0 fully saturated rings. The lowest BCUT2D eigenvalue weighted by Gasteiger charge is -2.13. The highest BCUT2D eigenvalue weighted by atomic mass is 35.5. The molecule has 0 spiro atoms. The van der Waals surface area contributed by atoms with Crippen molar-refractivity contribution in [2.75, 3.05) is 6.54 Å². The van der Waals surface area contributed by atoms with Gasteiger partial charge in [-0.25, -0.2) is 0 Å². The molecule has 0 bridgehead atoms. The fraction of sp³-hybridized carbons (Fsp3) is 0.160. The smallest absolute Gasteiger partial charge is 0.268 e. The van der Waals surface area contributed by atoms with E-state index in [2.05, 4.69) is 15.5 Å². The Morgan fingerprint density at radius 1 is 1.09 bits per heavy atom. The summed E-state index contributed by atoms with van der Waals surface area (Å²) in [6.45, 7) is 0.946. The topological polar surface area (TPSA) is 68.5 Å². The molecule has 1 aliphatic heterocycles. The van der Waals surface area contributed by atoms with Gasteiger partial charge in [0.25, 0.3) is 5.91 Å². The quantitative estimate of drug-likeness (QED) is 0.470. The fourth-order valence-electron chi connectivity index (χ4n) is 3.89. The number of oxime groups is 1. The van der Waals surface area contributed by atoms with Gasteiger partial charge < -0.3 is 14.7 Å². The minimum atomic E-state index is -0.198. The highest BCUT2D eigenvalue weighted by Gasteiger charge is 2.24. The minimum Gasteiger partial charge on any atom is -0.390 e. The third kappa shape index (κ3) is 4.22. The molecule has 1 aliphatic rings. The summed E-state index contributed by atoms with van der Waals surface area (Å²) in [5, 5.41) is 8.90. The van der Waals surface area contributed by atoms with E-state index in [0.29, 0.717) is 30.2 Å². The van der Waals surface area contributed by atoms with E-state index in [1.54, 1.807) is 12.4 Å². The summed E-state index contributed by atoms with van der Waals surface area (Å²) in [7, 11) is 0. The molecule has 1 unspecified atom stereocenters. The number of hydrogen-bond acceptors (Lipinski definition) is 4. The zero-order valence-electron chi connectivity index (χ0n) is 17.2. The number of carbonyl (C=O) groups is 1. The number of aromatic nitrogens is 2. The van der Waals surface area contributed by atoms with Crippen molar-refractivity contribution >= 4 is 34.1 Å². The van der Waals surface area contributed by atoms with Crippen molar-refractivity contribution in [3.63, 3.8) is 0 Å². The summed E-state index contributed by atoms with van der Waals surface area (Å²) in [5.74, 6) is -0.142. The molecule has 3 heterocycles. The second-order valence-corrected chi connectivity index (χ2v) is 8.15. The highest BCUT2D eigenvalue weighted by Crippen LogP contribution is 2.22.